The molecule has 4 saturated heterocycles. The van der Waals surface area contributed by atoms with Crippen molar-refractivity contribution in [3.63, 3.8) is 0 Å². The quantitative estimate of drug-likeness (QED) is 0.0592. The summed E-state index contributed by atoms with van der Waals surface area (Å²) >= 11 is 0. The van der Waals surface area contributed by atoms with Crippen molar-refractivity contribution in [2.45, 2.75) is 148 Å². The summed E-state index contributed by atoms with van der Waals surface area (Å²) in [7, 11) is 0. The average molecular weight is 1130 g/mol. The minimum Gasteiger partial charge on any atom is -0.461 e. The number of hydrogen-bond acceptors (Lipinski definition) is 26. The fourth-order valence-electron chi connectivity index (χ4n) is 12.0. The van der Waals surface area contributed by atoms with Crippen LogP contribution in [-0.2, 0) is 32.2 Å². The highest BCUT2D eigenvalue weighted by Gasteiger charge is 2.54. The van der Waals surface area contributed by atoms with Gasteiger partial charge >= 0.3 is 0 Å². The van der Waals surface area contributed by atoms with E-state index in [0.717, 1.165) is 0 Å². The lowest BCUT2D eigenvalue weighted by Gasteiger charge is -2.45. The number of ether oxygens (including phenoxy) is 6. The van der Waals surface area contributed by atoms with E-state index in [0.29, 0.717) is 0 Å². The van der Waals surface area contributed by atoms with Gasteiger partial charge in [0, 0.05) is 23.0 Å². The molecule has 26 heteroatoms. The van der Waals surface area contributed by atoms with Crippen LogP contribution in [0.5, 0.6) is 11.5 Å². The van der Waals surface area contributed by atoms with Crippen LogP contribution >= 0.6 is 0 Å². The Morgan fingerprint density at radius 1 is 0.362 bits per heavy atom. The van der Waals surface area contributed by atoms with Gasteiger partial charge < -0.3 is 120 Å². The smallest absolute Gasteiger partial charge is 0.229 e. The standard InChI is InChI=1S/C54H62O26/c55-11-17-7-23-25(37(61)35-19(33(23)51-47(71)43(67)39(63)29(13-57)75-51)3-1-5-27(35)77-53-49(73)45(69)41(65)31(15-59)79-53)9-21(17)22-10-26-24(8-18(22)12-56)34(52-48(72)44(68)40(64)30(14-58)76-52)20-4-2-6-28(36(20)38(26)62)78-54-50(74)46(70)42(66)32(16-60)80-54/h1-10,29-34,39-60,63-74H,11-16H2/t29-,30-,31-,32-,33?,34?,39-,40-,41-,42-,43+,44+,45+,46+,47-,48-,49-,50-,51+,52+,53-,54-/m1/s1. The first-order valence-corrected chi connectivity index (χ1v) is 25.7. The SMILES string of the molecule is O=C1c2cc(-c3cc4c(cc3CO)C([C@@H]3O[C@H](CO)[C@@H](O)[C@H](O)[C@H]3O)c3cccc(O[C@@H]5O[C@H](CO)[C@@H](O)[C@H](O)[C@H]5O)c3C4=O)c(CO)cc2C([C@@H]2O[C@H](CO)[C@@H](O)[C@H](O)[C@H]2O)c2cccc(O[C@@H]3O[C@H](CO)[C@@H](O)[C@H](O)[C@H]3O)c21. The number of fused-ring (bicyclic) bond motifs is 4. The van der Waals surface area contributed by atoms with Gasteiger partial charge in [-0.05, 0) is 68.8 Å². The van der Waals surface area contributed by atoms with E-state index in [1.807, 2.05) is 0 Å². The molecule has 18 N–H and O–H groups in total. The average Bonchev–Trinajstić information content (AvgIpc) is 3.57. The van der Waals surface area contributed by atoms with Gasteiger partial charge in [0.15, 0.2) is 11.6 Å². The normalized spacial score (nSPS) is 37.8. The third-order valence-corrected chi connectivity index (χ3v) is 16.3. The zero-order valence-electron chi connectivity index (χ0n) is 42.0. The Kier molecular flexibility index (Phi) is 16.7. The van der Waals surface area contributed by atoms with Crippen molar-refractivity contribution < 1.29 is 130 Å². The first kappa shape index (κ1) is 58.1. The monoisotopic (exact) mass is 1130 g/mol. The molecule has 0 spiro atoms. The van der Waals surface area contributed by atoms with Crippen LogP contribution in [-0.4, -0.2) is 252 Å². The van der Waals surface area contributed by atoms with Crippen molar-refractivity contribution in [1.29, 1.82) is 0 Å². The summed E-state index contributed by atoms with van der Waals surface area (Å²) in [6.07, 6.45) is -35.3. The van der Waals surface area contributed by atoms with E-state index in [-0.39, 0.29) is 78.3 Å². The van der Waals surface area contributed by atoms with Gasteiger partial charge in [0.1, 0.15) is 109 Å². The molecule has 4 heterocycles. The fourth-order valence-corrected chi connectivity index (χ4v) is 12.0. The van der Waals surface area contributed by atoms with E-state index in [1.54, 1.807) is 0 Å². The van der Waals surface area contributed by atoms with Crippen molar-refractivity contribution in [3.8, 4) is 22.6 Å². The highest BCUT2D eigenvalue weighted by molar-refractivity contribution is 6.16. The zero-order valence-corrected chi connectivity index (χ0v) is 42.0. The van der Waals surface area contributed by atoms with Crippen LogP contribution in [0, 0.1) is 0 Å². The van der Waals surface area contributed by atoms with Crippen molar-refractivity contribution in [2.75, 3.05) is 26.4 Å². The maximum Gasteiger partial charge on any atom is 0.229 e. The molecule has 0 radical (unpaired) electrons. The molecule has 6 aliphatic rings. The highest BCUT2D eigenvalue weighted by atomic mass is 16.7. The van der Waals surface area contributed by atoms with Crippen LogP contribution in [0.2, 0.25) is 0 Å². The van der Waals surface area contributed by atoms with E-state index >= 15 is 9.59 Å². The predicted octanol–water partition coefficient (Wildman–Crippen LogP) is -6.27. The lowest BCUT2D eigenvalue weighted by Crippen LogP contribution is -2.60. The zero-order chi connectivity index (χ0) is 57.5. The molecule has 0 saturated carbocycles. The molecule has 80 heavy (non-hydrogen) atoms. The summed E-state index contributed by atoms with van der Waals surface area (Å²) in [6.45, 7) is -5.01. The van der Waals surface area contributed by atoms with Crippen LogP contribution < -0.4 is 9.47 Å². The van der Waals surface area contributed by atoms with Gasteiger partial charge in [-0.3, -0.25) is 9.59 Å². The number of aliphatic hydroxyl groups is 18. The summed E-state index contributed by atoms with van der Waals surface area (Å²) in [5.74, 6) is -5.01. The Morgan fingerprint density at radius 2 is 0.688 bits per heavy atom. The molecular weight excluding hydrogens is 1060 g/mol. The number of rotatable bonds is 13. The molecule has 434 valence electrons. The topological polar surface area (TPSA) is 454 Å². The van der Waals surface area contributed by atoms with Gasteiger partial charge in [-0.25, -0.2) is 0 Å². The van der Waals surface area contributed by atoms with Gasteiger partial charge in [-0.1, -0.05) is 36.4 Å². The molecule has 4 aromatic rings. The van der Waals surface area contributed by atoms with Crippen molar-refractivity contribution in [3.05, 3.63) is 116 Å². The summed E-state index contributed by atoms with van der Waals surface area (Å²) < 4.78 is 35.5. The highest BCUT2D eigenvalue weighted by Crippen LogP contribution is 2.51. The molecule has 2 aliphatic carbocycles. The molecule has 0 bridgehead atoms. The Balaban J connectivity index is 1.15. The third kappa shape index (κ3) is 9.54. The van der Waals surface area contributed by atoms with E-state index in [1.165, 1.54) is 60.7 Å². The Hall–Kier alpha value is -5.06. The number of aliphatic hydroxyl groups excluding tert-OH is 18. The molecular formula is C54H62O26. The van der Waals surface area contributed by atoms with Gasteiger partial charge in [0.25, 0.3) is 0 Å². The van der Waals surface area contributed by atoms with Crippen LogP contribution in [0.3, 0.4) is 0 Å². The minimum atomic E-state index is -1.96. The van der Waals surface area contributed by atoms with Crippen molar-refractivity contribution >= 4 is 11.6 Å². The number of hydrogen-bond donors (Lipinski definition) is 18. The molecule has 4 aromatic carbocycles. The summed E-state index contributed by atoms with van der Waals surface area (Å²) in [5.41, 5.74) is -0.836. The first-order chi connectivity index (χ1) is 38.2. The van der Waals surface area contributed by atoms with Crippen LogP contribution in [0.4, 0.5) is 0 Å². The Morgan fingerprint density at radius 3 is 1.01 bits per heavy atom. The van der Waals surface area contributed by atoms with Crippen molar-refractivity contribution in [2.24, 2.45) is 0 Å². The maximum atomic E-state index is 15.4. The van der Waals surface area contributed by atoms with Crippen LogP contribution in [0.25, 0.3) is 11.1 Å². The van der Waals surface area contributed by atoms with Crippen LogP contribution in [0.15, 0.2) is 60.7 Å². The predicted molar refractivity (Wildman–Crippen MR) is 263 cm³/mol. The molecule has 2 unspecified atom stereocenters. The van der Waals surface area contributed by atoms with Crippen LogP contribution in [0.1, 0.15) is 77.1 Å². The third-order valence-electron chi connectivity index (χ3n) is 16.3. The molecule has 10 rings (SSSR count). The van der Waals surface area contributed by atoms with Gasteiger partial charge in [-0.15, -0.1) is 0 Å². The Bertz CT molecular complexity index is 2750. The molecule has 26 nitrogen and oxygen atoms in total. The molecule has 22 atom stereocenters. The number of carbonyl (C=O) groups excluding carboxylic acids is 2. The summed E-state index contributed by atoms with van der Waals surface area (Å²) in [4.78, 5) is 30.7. The largest absolute Gasteiger partial charge is 0.461 e. The molecule has 4 fully saturated rings. The summed E-state index contributed by atoms with van der Waals surface area (Å²) in [5, 5.41) is 194. The molecule has 4 aliphatic heterocycles. The van der Waals surface area contributed by atoms with Gasteiger partial charge in [-0.2, -0.15) is 0 Å². The lowest BCUT2D eigenvalue weighted by molar-refractivity contribution is -0.277. The minimum absolute atomic E-state index is 0.0105. The lowest BCUT2D eigenvalue weighted by atomic mass is 9.69. The number of carbonyl (C=O) groups is 2. The number of ketones is 2. The van der Waals surface area contributed by atoms with Crippen molar-refractivity contribution in [1.82, 2.24) is 0 Å². The van der Waals surface area contributed by atoms with E-state index in [4.69, 9.17) is 28.4 Å². The molecule has 0 aromatic heterocycles. The first-order valence-electron chi connectivity index (χ1n) is 25.7. The second-order valence-corrected chi connectivity index (χ2v) is 20.8. The second-order valence-electron chi connectivity index (χ2n) is 20.8. The van der Waals surface area contributed by atoms with Gasteiger partial charge in [0.05, 0.1) is 63.0 Å². The van der Waals surface area contributed by atoms with E-state index in [2.05, 4.69) is 0 Å². The van der Waals surface area contributed by atoms with Gasteiger partial charge in [0.2, 0.25) is 12.6 Å². The summed E-state index contributed by atoms with van der Waals surface area (Å²) in [6, 6.07) is 13.6. The van der Waals surface area contributed by atoms with E-state index < -0.39 is 185 Å². The van der Waals surface area contributed by atoms with E-state index in [9.17, 15) is 91.9 Å². The second kappa shape index (κ2) is 22.9. The maximum absolute atomic E-state index is 15.4. The molecule has 0 amide bonds. The Labute approximate surface area is 453 Å². The fraction of sp³-hybridized carbons (Fsp3) is 0.519. The number of benzene rings is 4.